The van der Waals surface area contributed by atoms with Crippen LogP contribution in [0.1, 0.15) is 31.1 Å². The summed E-state index contributed by atoms with van der Waals surface area (Å²) in [6.45, 7) is 0. The molecular weight excluding hydrogens is 584 g/mol. The molecule has 6 rings (SSSR count). The molecule has 46 heavy (non-hydrogen) atoms. The molecule has 226 valence electrons. The second-order valence-electron chi connectivity index (χ2n) is 10.0. The van der Waals surface area contributed by atoms with Crippen molar-refractivity contribution in [3.05, 3.63) is 138 Å². The first-order valence-electron chi connectivity index (χ1n) is 14.1. The number of ether oxygens (including phenoxy) is 1. The number of amides is 2. The van der Waals surface area contributed by atoms with Gasteiger partial charge in [0.1, 0.15) is 11.3 Å². The van der Waals surface area contributed by atoms with Crippen molar-refractivity contribution in [1.82, 2.24) is 9.78 Å². The molecular formula is C35H26N6O5. The SMILES string of the molecule is COC(=O)c1cnn(-c2ccccc2)c1/N=N/c1c(O)c(C(=O)Nc2ccccc2)cc2cc(C(=O)Nc3ccccc3)ccc12. The largest absolute Gasteiger partial charge is 0.505 e. The van der Waals surface area contributed by atoms with Crippen molar-refractivity contribution in [2.75, 3.05) is 17.7 Å². The molecule has 0 spiro atoms. The smallest absolute Gasteiger partial charge is 0.343 e. The quantitative estimate of drug-likeness (QED) is 0.121. The molecule has 0 saturated carbocycles. The van der Waals surface area contributed by atoms with Crippen LogP contribution in [0.5, 0.6) is 5.75 Å². The summed E-state index contributed by atoms with van der Waals surface area (Å²) in [5.41, 5.74) is 1.93. The van der Waals surface area contributed by atoms with Gasteiger partial charge in [-0.3, -0.25) is 9.59 Å². The van der Waals surface area contributed by atoms with Gasteiger partial charge in [0.15, 0.2) is 11.6 Å². The van der Waals surface area contributed by atoms with Gasteiger partial charge in [0.05, 0.1) is 24.6 Å². The number of anilines is 2. The van der Waals surface area contributed by atoms with E-state index < -0.39 is 17.6 Å². The van der Waals surface area contributed by atoms with Gasteiger partial charge < -0.3 is 20.5 Å². The summed E-state index contributed by atoms with van der Waals surface area (Å²) in [7, 11) is 1.24. The Morgan fingerprint density at radius 2 is 1.35 bits per heavy atom. The summed E-state index contributed by atoms with van der Waals surface area (Å²) in [4.78, 5) is 39.2. The third-order valence-electron chi connectivity index (χ3n) is 7.05. The zero-order valence-corrected chi connectivity index (χ0v) is 24.4. The number of rotatable bonds is 8. The van der Waals surface area contributed by atoms with E-state index in [4.69, 9.17) is 4.74 Å². The van der Waals surface area contributed by atoms with Crippen molar-refractivity contribution in [3.8, 4) is 11.4 Å². The summed E-state index contributed by atoms with van der Waals surface area (Å²) in [6, 6.07) is 33.0. The number of phenols is 1. The Morgan fingerprint density at radius 1 is 0.739 bits per heavy atom. The van der Waals surface area contributed by atoms with Crippen LogP contribution in [0.3, 0.4) is 0 Å². The van der Waals surface area contributed by atoms with E-state index in [1.165, 1.54) is 24.1 Å². The lowest BCUT2D eigenvalue weighted by molar-refractivity contribution is 0.0601. The molecule has 0 aliphatic carbocycles. The number of nitrogens with zero attached hydrogens (tertiary/aromatic N) is 4. The van der Waals surface area contributed by atoms with Gasteiger partial charge in [-0.15, -0.1) is 10.2 Å². The maximum atomic E-state index is 13.4. The molecule has 0 aliphatic heterocycles. The van der Waals surface area contributed by atoms with Crippen LogP contribution in [0.15, 0.2) is 132 Å². The van der Waals surface area contributed by atoms with E-state index in [1.54, 1.807) is 78.9 Å². The number of carbonyl (C=O) groups excluding carboxylic acids is 3. The maximum Gasteiger partial charge on any atom is 0.343 e. The van der Waals surface area contributed by atoms with E-state index in [0.29, 0.717) is 33.4 Å². The van der Waals surface area contributed by atoms with Crippen molar-refractivity contribution >= 4 is 51.4 Å². The second kappa shape index (κ2) is 12.9. The lowest BCUT2D eigenvalue weighted by Gasteiger charge is -2.13. The summed E-state index contributed by atoms with van der Waals surface area (Å²) in [6.07, 6.45) is 1.31. The fraction of sp³-hybridized carbons (Fsp3) is 0.0286. The van der Waals surface area contributed by atoms with Gasteiger partial charge in [-0.2, -0.15) is 5.10 Å². The lowest BCUT2D eigenvalue weighted by Crippen LogP contribution is -2.13. The van der Waals surface area contributed by atoms with Crippen molar-refractivity contribution in [2.24, 2.45) is 10.2 Å². The molecule has 0 aliphatic rings. The zero-order valence-electron chi connectivity index (χ0n) is 24.4. The number of nitrogens with one attached hydrogen (secondary N) is 2. The van der Waals surface area contributed by atoms with E-state index >= 15 is 0 Å². The van der Waals surface area contributed by atoms with Gasteiger partial charge in [0, 0.05) is 22.3 Å². The monoisotopic (exact) mass is 610 g/mol. The number of carbonyl (C=O) groups is 3. The van der Waals surface area contributed by atoms with Crippen LogP contribution >= 0.6 is 0 Å². The van der Waals surface area contributed by atoms with E-state index in [0.717, 1.165) is 0 Å². The molecule has 0 bridgehead atoms. The summed E-state index contributed by atoms with van der Waals surface area (Å²) >= 11 is 0. The molecule has 0 atom stereocenters. The predicted octanol–water partition coefficient (Wildman–Crippen LogP) is 7.44. The van der Waals surface area contributed by atoms with Crippen LogP contribution in [0.25, 0.3) is 16.5 Å². The standard InChI is InChI=1S/C35H26N6O5/c1-46-35(45)29-21-36-41(26-15-9-4-10-16-26)32(29)40-39-30-27-18-17-22(33(43)37-24-11-5-2-6-12-24)19-23(27)20-28(31(30)42)34(44)38-25-13-7-3-8-14-25/h2-21,42H,1H3,(H,37,43)(H,38,44)/b40-39+. The number of hydrogen-bond donors (Lipinski definition) is 3. The molecule has 11 nitrogen and oxygen atoms in total. The molecule has 1 heterocycles. The minimum absolute atomic E-state index is 0.0387. The Labute approximate surface area is 262 Å². The lowest BCUT2D eigenvalue weighted by atomic mass is 10.0. The van der Waals surface area contributed by atoms with Crippen LogP contribution in [0.4, 0.5) is 22.9 Å². The first kappa shape index (κ1) is 29.5. The average Bonchev–Trinajstić information content (AvgIpc) is 3.52. The molecule has 5 aromatic carbocycles. The summed E-state index contributed by atoms with van der Waals surface area (Å²) in [5.74, 6) is -2.06. The maximum absolute atomic E-state index is 13.4. The second-order valence-corrected chi connectivity index (χ2v) is 10.0. The van der Waals surface area contributed by atoms with E-state index in [9.17, 15) is 19.5 Å². The van der Waals surface area contributed by atoms with Crippen LogP contribution in [-0.4, -0.2) is 39.8 Å². The molecule has 3 N–H and O–H groups in total. The van der Waals surface area contributed by atoms with Crippen LogP contribution in [-0.2, 0) is 4.74 Å². The Hall–Kier alpha value is -6.62. The van der Waals surface area contributed by atoms with E-state index in [2.05, 4.69) is 26.0 Å². The number of methoxy groups -OCH3 is 1. The number of aromatic hydroxyl groups is 1. The van der Waals surface area contributed by atoms with Gasteiger partial charge >= 0.3 is 5.97 Å². The van der Waals surface area contributed by atoms with Crippen molar-refractivity contribution in [2.45, 2.75) is 0 Å². The Balaban J connectivity index is 1.48. The number of hydrogen-bond acceptors (Lipinski definition) is 8. The number of esters is 1. The van der Waals surface area contributed by atoms with Gasteiger partial charge in [0.2, 0.25) is 0 Å². The first-order chi connectivity index (χ1) is 22.4. The topological polar surface area (TPSA) is 147 Å². The molecule has 0 fully saturated rings. The van der Waals surface area contributed by atoms with E-state index in [-0.39, 0.29) is 28.5 Å². The molecule has 11 heteroatoms. The first-order valence-corrected chi connectivity index (χ1v) is 14.1. The number of fused-ring (bicyclic) bond motifs is 1. The number of azo groups is 1. The summed E-state index contributed by atoms with van der Waals surface area (Å²) < 4.78 is 6.33. The number of aromatic nitrogens is 2. The minimum Gasteiger partial charge on any atom is -0.505 e. The normalized spacial score (nSPS) is 11.0. The Kier molecular flexibility index (Phi) is 8.28. The molecule has 1 aromatic heterocycles. The Morgan fingerprint density at radius 3 is 1.98 bits per heavy atom. The third kappa shape index (κ3) is 6.06. The van der Waals surface area contributed by atoms with Gasteiger partial charge in [-0.25, -0.2) is 9.48 Å². The highest BCUT2D eigenvalue weighted by atomic mass is 16.5. The van der Waals surface area contributed by atoms with Crippen molar-refractivity contribution in [1.29, 1.82) is 0 Å². The molecule has 0 radical (unpaired) electrons. The van der Waals surface area contributed by atoms with Crippen LogP contribution < -0.4 is 10.6 Å². The zero-order chi connectivity index (χ0) is 32.0. The fourth-order valence-electron chi connectivity index (χ4n) is 4.78. The highest BCUT2D eigenvalue weighted by molar-refractivity contribution is 6.13. The van der Waals surface area contributed by atoms with Gasteiger partial charge in [-0.05, 0) is 60.0 Å². The van der Waals surface area contributed by atoms with Crippen molar-refractivity contribution in [3.63, 3.8) is 0 Å². The number of benzene rings is 5. The van der Waals surface area contributed by atoms with Gasteiger partial charge in [0.25, 0.3) is 11.8 Å². The number of para-hydroxylation sites is 3. The third-order valence-corrected chi connectivity index (χ3v) is 7.05. The number of phenolic OH excluding ortho intramolecular Hbond substituents is 1. The van der Waals surface area contributed by atoms with Gasteiger partial charge in [-0.1, -0.05) is 60.7 Å². The van der Waals surface area contributed by atoms with Crippen LogP contribution in [0.2, 0.25) is 0 Å². The Bertz CT molecular complexity index is 2100. The minimum atomic E-state index is -0.685. The summed E-state index contributed by atoms with van der Waals surface area (Å²) in [5, 5.41) is 30.9. The highest BCUT2D eigenvalue weighted by Crippen LogP contribution is 2.40. The van der Waals surface area contributed by atoms with Crippen molar-refractivity contribution < 1.29 is 24.2 Å². The van der Waals surface area contributed by atoms with Crippen LogP contribution in [0, 0.1) is 0 Å². The molecule has 2 amide bonds. The fourth-order valence-corrected chi connectivity index (χ4v) is 4.78. The highest BCUT2D eigenvalue weighted by Gasteiger charge is 2.22. The molecule has 6 aromatic rings. The van der Waals surface area contributed by atoms with E-state index in [1.807, 2.05) is 30.3 Å². The molecule has 0 unspecified atom stereocenters. The molecule has 0 saturated heterocycles. The average molecular weight is 611 g/mol. The predicted molar refractivity (Wildman–Crippen MR) is 173 cm³/mol.